The summed E-state index contributed by atoms with van der Waals surface area (Å²) < 4.78 is 23.1. The third kappa shape index (κ3) is 4.71. The van der Waals surface area contributed by atoms with Gasteiger partial charge in [-0.15, -0.1) is 0 Å². The lowest BCUT2D eigenvalue weighted by Gasteiger charge is -2.10. The number of carbonyl (C=O) groups is 1. The van der Waals surface area contributed by atoms with Crippen molar-refractivity contribution < 1.29 is 13.2 Å². The fourth-order valence-electron chi connectivity index (χ4n) is 2.90. The Kier molecular flexibility index (Phi) is 5.87. The first kappa shape index (κ1) is 17.3. The Morgan fingerprint density at radius 2 is 2.00 bits per heavy atom. The standard InChI is InChI=1S/C16H22ClNO3S/c1-22(20,21)13-8-9-15(17)14(11-13)16(19)18-10-4-7-12-5-2-3-6-12/h8-9,11-12H,2-7,10H2,1H3,(H,18,19). The molecule has 0 bridgehead atoms. The van der Waals surface area contributed by atoms with Gasteiger partial charge in [0.2, 0.25) is 0 Å². The van der Waals surface area contributed by atoms with Crippen LogP contribution < -0.4 is 5.32 Å². The van der Waals surface area contributed by atoms with Crippen molar-refractivity contribution in [3.63, 3.8) is 0 Å². The smallest absolute Gasteiger partial charge is 0.252 e. The van der Waals surface area contributed by atoms with Crippen molar-refractivity contribution in [3.8, 4) is 0 Å². The SMILES string of the molecule is CS(=O)(=O)c1ccc(Cl)c(C(=O)NCCCC2CCCC2)c1. The molecule has 4 nitrogen and oxygen atoms in total. The Hall–Kier alpha value is -1.07. The molecule has 1 fully saturated rings. The molecule has 1 aliphatic carbocycles. The van der Waals surface area contributed by atoms with Crippen LogP contribution in [0.25, 0.3) is 0 Å². The number of benzene rings is 1. The molecule has 6 heteroatoms. The van der Waals surface area contributed by atoms with Crippen LogP contribution in [0.4, 0.5) is 0 Å². The van der Waals surface area contributed by atoms with Crippen molar-refractivity contribution in [2.24, 2.45) is 5.92 Å². The molecule has 1 aromatic carbocycles. The summed E-state index contributed by atoms with van der Waals surface area (Å²) in [5.74, 6) is 0.482. The van der Waals surface area contributed by atoms with Crippen molar-refractivity contribution >= 4 is 27.3 Å². The molecule has 0 atom stereocenters. The van der Waals surface area contributed by atoms with Gasteiger partial charge in [-0.05, 0) is 37.0 Å². The molecule has 0 aromatic heterocycles. The summed E-state index contributed by atoms with van der Waals surface area (Å²) in [6, 6.07) is 4.20. The number of sulfone groups is 1. The molecule has 1 aliphatic rings. The van der Waals surface area contributed by atoms with Gasteiger partial charge in [0.15, 0.2) is 9.84 Å². The number of hydrogen-bond acceptors (Lipinski definition) is 3. The van der Waals surface area contributed by atoms with E-state index in [0.717, 1.165) is 25.0 Å². The van der Waals surface area contributed by atoms with Gasteiger partial charge in [0.1, 0.15) is 0 Å². The maximum Gasteiger partial charge on any atom is 0.252 e. The van der Waals surface area contributed by atoms with E-state index in [4.69, 9.17) is 11.6 Å². The summed E-state index contributed by atoms with van der Waals surface area (Å²) >= 11 is 6.00. The molecule has 0 radical (unpaired) electrons. The van der Waals surface area contributed by atoms with Crippen LogP contribution in [0.15, 0.2) is 23.1 Å². The van der Waals surface area contributed by atoms with E-state index in [1.165, 1.54) is 43.9 Å². The van der Waals surface area contributed by atoms with E-state index in [9.17, 15) is 13.2 Å². The predicted molar refractivity (Wildman–Crippen MR) is 88.1 cm³/mol. The second-order valence-corrected chi connectivity index (χ2v) is 8.39. The van der Waals surface area contributed by atoms with Crippen molar-refractivity contribution in [1.29, 1.82) is 0 Å². The number of rotatable bonds is 6. The normalized spacial score (nSPS) is 15.9. The van der Waals surface area contributed by atoms with Crippen molar-refractivity contribution in [2.45, 2.75) is 43.4 Å². The fraction of sp³-hybridized carbons (Fsp3) is 0.562. The van der Waals surface area contributed by atoms with Gasteiger partial charge < -0.3 is 5.32 Å². The minimum absolute atomic E-state index is 0.105. The molecule has 122 valence electrons. The van der Waals surface area contributed by atoms with Gasteiger partial charge in [-0.1, -0.05) is 37.3 Å². The Balaban J connectivity index is 1.91. The first-order chi connectivity index (χ1) is 10.4. The summed E-state index contributed by atoms with van der Waals surface area (Å²) in [7, 11) is -3.35. The fourth-order valence-corrected chi connectivity index (χ4v) is 3.75. The largest absolute Gasteiger partial charge is 0.352 e. The first-order valence-electron chi connectivity index (χ1n) is 7.66. The molecule has 0 unspecified atom stereocenters. The van der Waals surface area contributed by atoms with E-state index in [-0.39, 0.29) is 21.4 Å². The minimum atomic E-state index is -3.35. The van der Waals surface area contributed by atoms with Gasteiger partial charge in [-0.25, -0.2) is 8.42 Å². The molecular weight excluding hydrogens is 322 g/mol. The molecule has 0 heterocycles. The topological polar surface area (TPSA) is 63.2 Å². The zero-order valence-corrected chi connectivity index (χ0v) is 14.3. The lowest BCUT2D eigenvalue weighted by molar-refractivity contribution is 0.0952. The number of hydrogen-bond donors (Lipinski definition) is 1. The number of nitrogens with one attached hydrogen (secondary N) is 1. The van der Waals surface area contributed by atoms with Gasteiger partial charge in [-0.3, -0.25) is 4.79 Å². The second kappa shape index (κ2) is 7.47. The quantitative estimate of drug-likeness (QED) is 0.805. The van der Waals surface area contributed by atoms with Gasteiger partial charge >= 0.3 is 0 Å². The average Bonchev–Trinajstić information content (AvgIpc) is 2.95. The minimum Gasteiger partial charge on any atom is -0.352 e. The lowest BCUT2D eigenvalue weighted by Crippen LogP contribution is -2.25. The number of carbonyl (C=O) groups excluding carboxylic acids is 1. The molecule has 1 aromatic rings. The summed E-state index contributed by atoms with van der Waals surface area (Å²) in [5, 5.41) is 3.09. The zero-order valence-electron chi connectivity index (χ0n) is 12.8. The van der Waals surface area contributed by atoms with E-state index in [0.29, 0.717) is 6.54 Å². The Labute approximate surface area is 137 Å². The molecule has 0 saturated heterocycles. The van der Waals surface area contributed by atoms with Gasteiger partial charge in [0.25, 0.3) is 5.91 Å². The van der Waals surface area contributed by atoms with Crippen molar-refractivity contribution in [1.82, 2.24) is 5.32 Å². The van der Waals surface area contributed by atoms with E-state index in [1.807, 2.05) is 0 Å². The molecule has 0 aliphatic heterocycles. The van der Waals surface area contributed by atoms with Crippen LogP contribution in [-0.4, -0.2) is 27.1 Å². The molecule has 1 saturated carbocycles. The molecule has 1 amide bonds. The van der Waals surface area contributed by atoms with Crippen LogP contribution in [0.2, 0.25) is 5.02 Å². The molecule has 2 rings (SSSR count). The summed E-state index contributed by atoms with van der Waals surface area (Å²) in [6.45, 7) is 0.592. The Morgan fingerprint density at radius 1 is 1.32 bits per heavy atom. The number of halogens is 1. The van der Waals surface area contributed by atoms with Gasteiger partial charge in [0, 0.05) is 12.8 Å². The highest BCUT2D eigenvalue weighted by Gasteiger charge is 2.16. The highest BCUT2D eigenvalue weighted by atomic mass is 35.5. The van der Waals surface area contributed by atoms with Crippen LogP contribution in [0.1, 0.15) is 48.9 Å². The van der Waals surface area contributed by atoms with Crippen LogP contribution >= 0.6 is 11.6 Å². The van der Waals surface area contributed by atoms with E-state index >= 15 is 0 Å². The van der Waals surface area contributed by atoms with Crippen LogP contribution in [0, 0.1) is 5.92 Å². The third-order valence-electron chi connectivity index (χ3n) is 4.16. The molecule has 0 spiro atoms. The zero-order chi connectivity index (χ0) is 16.2. The Bertz CT molecular complexity index is 637. The van der Waals surface area contributed by atoms with Crippen LogP contribution in [0.3, 0.4) is 0 Å². The Morgan fingerprint density at radius 3 is 2.64 bits per heavy atom. The van der Waals surface area contributed by atoms with E-state index in [2.05, 4.69) is 5.32 Å². The van der Waals surface area contributed by atoms with Gasteiger partial charge in [-0.2, -0.15) is 0 Å². The monoisotopic (exact) mass is 343 g/mol. The van der Waals surface area contributed by atoms with Crippen molar-refractivity contribution in [2.75, 3.05) is 12.8 Å². The predicted octanol–water partition coefficient (Wildman–Crippen LogP) is 3.44. The molecular formula is C16H22ClNO3S. The highest BCUT2D eigenvalue weighted by Crippen LogP contribution is 2.28. The highest BCUT2D eigenvalue weighted by molar-refractivity contribution is 7.90. The van der Waals surface area contributed by atoms with Gasteiger partial charge in [0.05, 0.1) is 15.5 Å². The van der Waals surface area contributed by atoms with Crippen molar-refractivity contribution in [3.05, 3.63) is 28.8 Å². The second-order valence-electron chi connectivity index (χ2n) is 5.96. The summed E-state index contributed by atoms with van der Waals surface area (Å²) in [4.78, 5) is 12.3. The number of amides is 1. The van der Waals surface area contributed by atoms with Crippen LogP contribution in [0.5, 0.6) is 0 Å². The van der Waals surface area contributed by atoms with E-state index < -0.39 is 9.84 Å². The third-order valence-corrected chi connectivity index (χ3v) is 5.60. The maximum atomic E-state index is 12.2. The molecule has 1 N–H and O–H groups in total. The first-order valence-corrected chi connectivity index (χ1v) is 9.92. The molecule has 22 heavy (non-hydrogen) atoms. The summed E-state index contributed by atoms with van der Waals surface area (Å²) in [6.07, 6.45) is 8.44. The lowest BCUT2D eigenvalue weighted by atomic mass is 10.0. The van der Waals surface area contributed by atoms with Crippen LogP contribution in [-0.2, 0) is 9.84 Å². The maximum absolute atomic E-state index is 12.2. The van der Waals surface area contributed by atoms with E-state index in [1.54, 1.807) is 0 Å². The summed E-state index contributed by atoms with van der Waals surface area (Å²) in [5.41, 5.74) is 0.213. The average molecular weight is 344 g/mol.